The summed E-state index contributed by atoms with van der Waals surface area (Å²) in [5.41, 5.74) is 6.08. The normalized spacial score (nSPS) is 15.1. The first kappa shape index (κ1) is 19.0. The quantitative estimate of drug-likeness (QED) is 0.493. The molecule has 1 saturated heterocycles. The molecular formula is C22H24N6OS. The van der Waals surface area contributed by atoms with Gasteiger partial charge in [-0.05, 0) is 19.1 Å². The standard InChI is InChI=1S/C22H24N6OS/c1-16-20(30-15-25-16)14-26-8-10-27(11-9-26)21-22-24-13-19(28(22)7-6-23-21)17-4-3-5-18(12-17)29-2/h3-7,12-13,15H,8-11,14H2,1-2H3. The third-order valence-electron chi connectivity index (χ3n) is 5.66. The molecule has 0 bridgehead atoms. The molecule has 5 rings (SSSR count). The molecular weight excluding hydrogens is 396 g/mol. The molecule has 0 spiro atoms. The summed E-state index contributed by atoms with van der Waals surface area (Å²) in [6.07, 6.45) is 5.75. The molecule has 0 radical (unpaired) electrons. The summed E-state index contributed by atoms with van der Waals surface area (Å²) in [6, 6.07) is 8.06. The number of imidazole rings is 1. The van der Waals surface area contributed by atoms with Crippen LogP contribution in [-0.4, -0.2) is 57.5 Å². The lowest BCUT2D eigenvalue weighted by molar-refractivity contribution is 0.251. The van der Waals surface area contributed by atoms with E-state index in [2.05, 4.69) is 37.2 Å². The second kappa shape index (κ2) is 8.04. The van der Waals surface area contributed by atoms with Gasteiger partial charge in [0.25, 0.3) is 0 Å². The van der Waals surface area contributed by atoms with E-state index >= 15 is 0 Å². The Hall–Kier alpha value is -2.97. The third kappa shape index (κ3) is 3.53. The van der Waals surface area contributed by atoms with Crippen LogP contribution in [0.2, 0.25) is 0 Å². The summed E-state index contributed by atoms with van der Waals surface area (Å²) in [6.45, 7) is 6.95. The number of aromatic nitrogens is 4. The maximum atomic E-state index is 5.38. The second-order valence-corrected chi connectivity index (χ2v) is 8.38. The highest BCUT2D eigenvalue weighted by atomic mass is 32.1. The number of nitrogens with zero attached hydrogens (tertiary/aromatic N) is 6. The van der Waals surface area contributed by atoms with Crippen molar-refractivity contribution in [2.45, 2.75) is 13.5 Å². The van der Waals surface area contributed by atoms with Crippen LogP contribution in [0.25, 0.3) is 16.9 Å². The first-order chi connectivity index (χ1) is 14.7. The highest BCUT2D eigenvalue weighted by Crippen LogP contribution is 2.28. The zero-order valence-electron chi connectivity index (χ0n) is 17.2. The average molecular weight is 421 g/mol. The van der Waals surface area contributed by atoms with Gasteiger partial charge in [0.2, 0.25) is 0 Å². The molecule has 1 aliphatic heterocycles. The largest absolute Gasteiger partial charge is 0.497 e. The second-order valence-electron chi connectivity index (χ2n) is 7.44. The number of hydrogen-bond acceptors (Lipinski definition) is 7. The van der Waals surface area contributed by atoms with Crippen molar-refractivity contribution in [1.29, 1.82) is 0 Å². The highest BCUT2D eigenvalue weighted by molar-refractivity contribution is 7.09. The van der Waals surface area contributed by atoms with E-state index in [-0.39, 0.29) is 0 Å². The Labute approximate surface area is 179 Å². The monoisotopic (exact) mass is 420 g/mol. The minimum Gasteiger partial charge on any atom is -0.497 e. The molecule has 3 aromatic heterocycles. The number of hydrogen-bond donors (Lipinski definition) is 0. The number of methoxy groups -OCH3 is 1. The Morgan fingerprint density at radius 2 is 1.97 bits per heavy atom. The first-order valence-electron chi connectivity index (χ1n) is 10.1. The van der Waals surface area contributed by atoms with Gasteiger partial charge in [-0.15, -0.1) is 11.3 Å². The lowest BCUT2D eigenvalue weighted by atomic mass is 10.1. The molecule has 154 valence electrons. The number of piperazine rings is 1. The van der Waals surface area contributed by atoms with E-state index in [0.717, 1.165) is 66.9 Å². The van der Waals surface area contributed by atoms with Gasteiger partial charge >= 0.3 is 0 Å². The van der Waals surface area contributed by atoms with Gasteiger partial charge in [0, 0.05) is 55.6 Å². The molecule has 0 unspecified atom stereocenters. The zero-order chi connectivity index (χ0) is 20.5. The molecule has 0 saturated carbocycles. The summed E-state index contributed by atoms with van der Waals surface area (Å²) in [7, 11) is 1.69. The smallest absolute Gasteiger partial charge is 0.180 e. The zero-order valence-corrected chi connectivity index (χ0v) is 18.0. The number of ether oxygens (including phenoxy) is 1. The topological polar surface area (TPSA) is 58.8 Å². The number of thiazole rings is 1. The van der Waals surface area contributed by atoms with Crippen molar-refractivity contribution in [3.63, 3.8) is 0 Å². The van der Waals surface area contributed by atoms with Crippen molar-refractivity contribution in [3.8, 4) is 17.0 Å². The van der Waals surface area contributed by atoms with E-state index in [1.54, 1.807) is 18.4 Å². The van der Waals surface area contributed by atoms with Gasteiger partial charge in [-0.3, -0.25) is 9.30 Å². The van der Waals surface area contributed by atoms with E-state index in [4.69, 9.17) is 9.72 Å². The Bertz CT molecular complexity index is 1160. The van der Waals surface area contributed by atoms with Crippen molar-refractivity contribution in [2.24, 2.45) is 0 Å². The van der Waals surface area contributed by atoms with Gasteiger partial charge in [-0.1, -0.05) is 12.1 Å². The minimum absolute atomic E-state index is 0.837. The number of fused-ring (bicyclic) bond motifs is 1. The van der Waals surface area contributed by atoms with Gasteiger partial charge in [0.15, 0.2) is 11.5 Å². The fourth-order valence-electron chi connectivity index (χ4n) is 3.92. The van der Waals surface area contributed by atoms with Crippen molar-refractivity contribution < 1.29 is 4.74 Å². The van der Waals surface area contributed by atoms with Crippen LogP contribution in [-0.2, 0) is 6.54 Å². The Morgan fingerprint density at radius 1 is 1.10 bits per heavy atom. The third-order valence-corrected chi connectivity index (χ3v) is 6.58. The van der Waals surface area contributed by atoms with Gasteiger partial charge in [-0.2, -0.15) is 0 Å². The van der Waals surface area contributed by atoms with Crippen LogP contribution in [0, 0.1) is 6.92 Å². The number of anilines is 1. The fourth-order valence-corrected chi connectivity index (χ4v) is 4.74. The maximum Gasteiger partial charge on any atom is 0.180 e. The van der Waals surface area contributed by atoms with E-state index in [0.29, 0.717) is 0 Å². The van der Waals surface area contributed by atoms with Gasteiger partial charge < -0.3 is 9.64 Å². The Kier molecular flexibility index (Phi) is 5.10. The molecule has 1 aliphatic rings. The van der Waals surface area contributed by atoms with Crippen molar-refractivity contribution in [2.75, 3.05) is 38.2 Å². The number of benzene rings is 1. The average Bonchev–Trinajstić information content (AvgIpc) is 3.40. The minimum atomic E-state index is 0.837. The lowest BCUT2D eigenvalue weighted by Gasteiger charge is -2.35. The predicted octanol–water partition coefficient (Wildman–Crippen LogP) is 3.49. The highest BCUT2D eigenvalue weighted by Gasteiger charge is 2.22. The molecule has 4 aromatic rings. The van der Waals surface area contributed by atoms with Gasteiger partial charge in [-0.25, -0.2) is 15.0 Å². The van der Waals surface area contributed by atoms with Crippen LogP contribution < -0.4 is 9.64 Å². The summed E-state index contributed by atoms with van der Waals surface area (Å²) in [5.74, 6) is 1.78. The van der Waals surface area contributed by atoms with Crippen molar-refractivity contribution in [1.82, 2.24) is 24.3 Å². The Morgan fingerprint density at radius 3 is 2.73 bits per heavy atom. The summed E-state index contributed by atoms with van der Waals surface area (Å²) < 4.78 is 7.50. The molecule has 0 amide bonds. The van der Waals surface area contributed by atoms with Gasteiger partial charge in [0.1, 0.15) is 5.75 Å². The van der Waals surface area contributed by atoms with Crippen LogP contribution in [0.4, 0.5) is 5.82 Å². The molecule has 1 fully saturated rings. The molecule has 4 heterocycles. The Balaban J connectivity index is 1.37. The molecule has 1 aromatic carbocycles. The summed E-state index contributed by atoms with van der Waals surface area (Å²) in [5, 5.41) is 0. The van der Waals surface area contributed by atoms with Crippen LogP contribution in [0.15, 0.2) is 48.4 Å². The lowest BCUT2D eigenvalue weighted by Crippen LogP contribution is -2.46. The van der Waals surface area contributed by atoms with Crippen LogP contribution in [0.5, 0.6) is 5.75 Å². The fraction of sp³-hybridized carbons (Fsp3) is 0.318. The van der Waals surface area contributed by atoms with E-state index in [9.17, 15) is 0 Å². The molecule has 8 heteroatoms. The summed E-state index contributed by atoms with van der Waals surface area (Å²) in [4.78, 5) is 20.0. The van der Waals surface area contributed by atoms with E-state index < -0.39 is 0 Å². The van der Waals surface area contributed by atoms with Crippen LogP contribution in [0.1, 0.15) is 10.6 Å². The van der Waals surface area contributed by atoms with Crippen molar-refractivity contribution >= 4 is 22.8 Å². The first-order valence-corrected chi connectivity index (χ1v) is 10.9. The van der Waals surface area contributed by atoms with Crippen molar-refractivity contribution in [3.05, 3.63) is 58.9 Å². The number of aryl methyl sites for hydroxylation is 1. The number of rotatable bonds is 5. The SMILES string of the molecule is COc1cccc(-c2cnc3c(N4CCN(Cc5scnc5C)CC4)nccn23)c1. The van der Waals surface area contributed by atoms with Crippen LogP contribution >= 0.6 is 11.3 Å². The molecule has 0 N–H and O–H groups in total. The molecule has 30 heavy (non-hydrogen) atoms. The van der Waals surface area contributed by atoms with Crippen LogP contribution in [0.3, 0.4) is 0 Å². The molecule has 0 atom stereocenters. The predicted molar refractivity (Wildman–Crippen MR) is 119 cm³/mol. The maximum absolute atomic E-state index is 5.38. The van der Waals surface area contributed by atoms with E-state index in [1.807, 2.05) is 42.3 Å². The van der Waals surface area contributed by atoms with E-state index in [1.165, 1.54) is 4.88 Å². The van der Waals surface area contributed by atoms with Gasteiger partial charge in [0.05, 0.1) is 30.2 Å². The summed E-state index contributed by atoms with van der Waals surface area (Å²) >= 11 is 1.74. The molecule has 7 nitrogen and oxygen atoms in total. The molecule has 0 aliphatic carbocycles.